The van der Waals surface area contributed by atoms with Gasteiger partial charge < -0.3 is 44.1 Å². The highest BCUT2D eigenvalue weighted by molar-refractivity contribution is 5.90. The Kier molecular flexibility index (Phi) is 10.1. The van der Waals surface area contributed by atoms with Gasteiger partial charge in [0.2, 0.25) is 0 Å². The smallest absolute Gasteiger partial charge is 0.334 e. The average molecular weight is 707 g/mol. The first-order chi connectivity index (χ1) is 23.4. The first-order valence-corrected chi connectivity index (χ1v) is 18.6. The monoisotopic (exact) mass is 706 g/mol. The van der Waals surface area contributed by atoms with E-state index in [9.17, 15) is 34.8 Å². The van der Waals surface area contributed by atoms with Crippen molar-refractivity contribution in [1.82, 2.24) is 0 Å². The first kappa shape index (κ1) is 37.7. The SMILES string of the molecule is CC(=O)O[C@@H](C[C@@H]1C=C(C)C(=O)O1)[C@H](C)C1CCC2[C@@]3(C)CC[C@H](O[C@@H]4O[C@H](CO)[C@@H](O)[C@H](O)[C@H]4O)C(C)(C)C3CC[C@@]2(C)[C@@]12COC(=O)C2. The van der Waals surface area contributed by atoms with Crippen molar-refractivity contribution >= 4 is 17.9 Å². The molecule has 0 amide bonds. The van der Waals surface area contributed by atoms with E-state index in [2.05, 4.69) is 34.6 Å². The minimum Gasteiger partial charge on any atom is -0.465 e. The molecular weight excluding hydrogens is 648 g/mol. The summed E-state index contributed by atoms with van der Waals surface area (Å²) in [6.45, 7) is 14.2. The summed E-state index contributed by atoms with van der Waals surface area (Å²) in [5.41, 5.74) is -0.625. The minimum absolute atomic E-state index is 0.0285. The van der Waals surface area contributed by atoms with E-state index in [0.717, 1.165) is 32.1 Å². The van der Waals surface area contributed by atoms with Crippen LogP contribution in [0.25, 0.3) is 0 Å². The van der Waals surface area contributed by atoms with E-state index in [4.69, 9.17) is 23.7 Å². The fourth-order valence-electron chi connectivity index (χ4n) is 12.1. The van der Waals surface area contributed by atoms with Gasteiger partial charge >= 0.3 is 17.9 Å². The first-order valence-electron chi connectivity index (χ1n) is 18.6. The fraction of sp³-hybridized carbons (Fsp3) is 0.868. The molecule has 3 aliphatic carbocycles. The second-order valence-corrected chi connectivity index (χ2v) is 17.5. The lowest BCUT2D eigenvalue weighted by Gasteiger charge is -2.70. The highest BCUT2D eigenvalue weighted by Gasteiger charge is 2.71. The van der Waals surface area contributed by atoms with E-state index >= 15 is 0 Å². The van der Waals surface area contributed by atoms with E-state index in [-0.39, 0.29) is 58.0 Å². The lowest BCUT2D eigenvalue weighted by molar-refractivity contribution is -0.331. The molecule has 0 aromatic rings. The molecule has 3 unspecified atom stereocenters. The molecule has 0 bridgehead atoms. The Labute approximate surface area is 295 Å². The maximum Gasteiger partial charge on any atom is 0.334 e. The molecule has 6 aliphatic rings. The summed E-state index contributed by atoms with van der Waals surface area (Å²) < 4.78 is 29.6. The highest BCUT2D eigenvalue weighted by atomic mass is 16.7. The van der Waals surface area contributed by atoms with Gasteiger partial charge in [-0.05, 0) is 91.4 Å². The molecule has 1 spiro atoms. The summed E-state index contributed by atoms with van der Waals surface area (Å²) in [5.74, 6) is -0.526. The van der Waals surface area contributed by atoms with Crippen molar-refractivity contribution in [2.75, 3.05) is 13.2 Å². The molecule has 0 radical (unpaired) electrons. The van der Waals surface area contributed by atoms with E-state index in [1.807, 2.05) is 0 Å². The van der Waals surface area contributed by atoms with Crippen molar-refractivity contribution in [1.29, 1.82) is 0 Å². The maximum atomic E-state index is 13.1. The molecule has 4 N–H and O–H groups in total. The number of ether oxygens (including phenoxy) is 5. The second kappa shape index (κ2) is 13.4. The van der Waals surface area contributed by atoms with Crippen LogP contribution < -0.4 is 0 Å². The van der Waals surface area contributed by atoms with E-state index in [1.165, 1.54) is 6.92 Å². The summed E-state index contributed by atoms with van der Waals surface area (Å²) in [4.78, 5) is 37.7. The van der Waals surface area contributed by atoms with Crippen LogP contribution in [0.3, 0.4) is 0 Å². The lowest BCUT2D eigenvalue weighted by atomic mass is 9.34. The Morgan fingerprint density at radius 1 is 1.00 bits per heavy atom. The van der Waals surface area contributed by atoms with Gasteiger partial charge in [0.05, 0.1) is 25.7 Å². The summed E-state index contributed by atoms with van der Waals surface area (Å²) in [6.07, 6.45) is -0.395. The number of hydrogen-bond donors (Lipinski definition) is 4. The topological polar surface area (TPSA) is 178 Å². The third-order valence-corrected chi connectivity index (χ3v) is 14.7. The van der Waals surface area contributed by atoms with Crippen molar-refractivity contribution in [2.45, 2.75) is 149 Å². The average Bonchev–Trinajstić information content (AvgIpc) is 3.59. The van der Waals surface area contributed by atoms with Crippen LogP contribution in [0.4, 0.5) is 0 Å². The van der Waals surface area contributed by atoms with Crippen molar-refractivity contribution in [3.8, 4) is 0 Å². The van der Waals surface area contributed by atoms with Gasteiger partial charge in [0.25, 0.3) is 0 Å². The molecule has 0 aromatic heterocycles. The predicted octanol–water partition coefficient (Wildman–Crippen LogP) is 3.20. The van der Waals surface area contributed by atoms with Crippen LogP contribution in [0.5, 0.6) is 0 Å². The van der Waals surface area contributed by atoms with Crippen molar-refractivity contribution in [2.24, 2.45) is 45.3 Å². The zero-order valence-electron chi connectivity index (χ0n) is 30.6. The van der Waals surface area contributed by atoms with Gasteiger partial charge in [-0.3, -0.25) is 9.59 Å². The van der Waals surface area contributed by atoms with Gasteiger partial charge in [-0.25, -0.2) is 4.79 Å². The number of aliphatic hydroxyl groups is 4. The molecular formula is C38H58O12. The normalized spacial score (nSPS) is 46.7. The molecule has 12 nitrogen and oxygen atoms in total. The summed E-state index contributed by atoms with van der Waals surface area (Å²) in [5, 5.41) is 41.2. The van der Waals surface area contributed by atoms with Gasteiger partial charge in [0.15, 0.2) is 6.29 Å². The number of cyclic esters (lactones) is 2. The van der Waals surface area contributed by atoms with Gasteiger partial charge in [-0.2, -0.15) is 0 Å². The Morgan fingerprint density at radius 2 is 1.72 bits per heavy atom. The molecule has 3 aliphatic heterocycles. The summed E-state index contributed by atoms with van der Waals surface area (Å²) in [6, 6.07) is 0. The highest BCUT2D eigenvalue weighted by Crippen LogP contribution is 2.74. The van der Waals surface area contributed by atoms with Gasteiger partial charge in [-0.1, -0.05) is 34.6 Å². The van der Waals surface area contributed by atoms with E-state index in [1.54, 1.807) is 13.0 Å². The molecule has 282 valence electrons. The second-order valence-electron chi connectivity index (χ2n) is 17.5. The zero-order chi connectivity index (χ0) is 36.6. The quantitative estimate of drug-likeness (QED) is 0.165. The molecule has 3 heterocycles. The number of rotatable bonds is 8. The van der Waals surface area contributed by atoms with Crippen molar-refractivity contribution in [3.05, 3.63) is 11.6 Å². The number of aliphatic hydroxyl groups excluding tert-OH is 4. The zero-order valence-corrected chi connectivity index (χ0v) is 30.6. The fourth-order valence-corrected chi connectivity index (χ4v) is 12.1. The van der Waals surface area contributed by atoms with Crippen LogP contribution in [0, 0.1) is 45.3 Å². The molecule has 50 heavy (non-hydrogen) atoms. The van der Waals surface area contributed by atoms with E-state index in [0.29, 0.717) is 31.4 Å². The Balaban J connectivity index is 1.26. The number of hydrogen-bond acceptors (Lipinski definition) is 12. The number of carbonyl (C=O) groups is 3. The standard InChI is InChI=1S/C38H58O12/c1-19-14-22(48-33(19)45)15-24(47-21(3)40)20(2)23-8-9-27-36(6)12-11-28(50-34-32(44)31(43)30(42)25(17-39)49-34)35(4,5)26(36)10-13-37(27,7)38(23)16-29(41)46-18-38/h14,20,22-28,30-32,34,39,42-44H,8-13,15-18H2,1-7H3/t20-,22+,23?,24+,25-,26?,27?,28+,30-,31+,32-,34+,36+,37-,38+/m1/s1. The summed E-state index contributed by atoms with van der Waals surface area (Å²) in [7, 11) is 0. The minimum atomic E-state index is -1.50. The lowest BCUT2D eigenvalue weighted by Crippen LogP contribution is -2.67. The van der Waals surface area contributed by atoms with Crippen LogP contribution in [0.1, 0.15) is 99.8 Å². The largest absolute Gasteiger partial charge is 0.465 e. The van der Waals surface area contributed by atoms with Gasteiger partial charge in [0.1, 0.15) is 36.6 Å². The van der Waals surface area contributed by atoms with Crippen molar-refractivity contribution in [3.63, 3.8) is 0 Å². The van der Waals surface area contributed by atoms with Crippen LogP contribution in [0.2, 0.25) is 0 Å². The Bertz CT molecular complexity index is 1360. The Hall–Kier alpha value is -2.09. The number of carbonyl (C=O) groups excluding carboxylic acids is 3. The molecule has 15 atom stereocenters. The van der Waals surface area contributed by atoms with Crippen LogP contribution >= 0.6 is 0 Å². The third-order valence-electron chi connectivity index (χ3n) is 14.7. The molecule has 3 saturated carbocycles. The van der Waals surface area contributed by atoms with E-state index < -0.39 is 60.9 Å². The van der Waals surface area contributed by atoms with Gasteiger partial charge in [0, 0.05) is 24.3 Å². The van der Waals surface area contributed by atoms with Crippen LogP contribution in [-0.2, 0) is 38.1 Å². The Morgan fingerprint density at radius 3 is 2.32 bits per heavy atom. The van der Waals surface area contributed by atoms with Crippen LogP contribution in [-0.4, -0.2) is 101 Å². The summed E-state index contributed by atoms with van der Waals surface area (Å²) >= 11 is 0. The van der Waals surface area contributed by atoms with Gasteiger partial charge in [-0.15, -0.1) is 0 Å². The number of fused-ring (bicyclic) bond motifs is 4. The molecule has 6 rings (SSSR count). The maximum absolute atomic E-state index is 13.1. The van der Waals surface area contributed by atoms with Crippen molar-refractivity contribution < 1.29 is 58.5 Å². The van der Waals surface area contributed by atoms with Crippen LogP contribution in [0.15, 0.2) is 11.6 Å². The molecule has 0 aromatic carbocycles. The number of esters is 3. The predicted molar refractivity (Wildman–Crippen MR) is 178 cm³/mol. The third kappa shape index (κ3) is 5.93. The molecule has 12 heteroatoms. The molecule has 5 fully saturated rings. The molecule has 2 saturated heterocycles.